The summed E-state index contributed by atoms with van der Waals surface area (Å²) in [6.45, 7) is 8.06. The first-order valence-electron chi connectivity index (χ1n) is 13.7. The van der Waals surface area contributed by atoms with Gasteiger partial charge in [-0.05, 0) is 49.2 Å². The van der Waals surface area contributed by atoms with Crippen LogP contribution in [0.25, 0.3) is 22.2 Å². The maximum Gasteiger partial charge on any atom is 0.144 e. The number of hydrogen-bond acceptors (Lipinski definition) is 9. The van der Waals surface area contributed by atoms with Crippen molar-refractivity contribution in [1.82, 2.24) is 14.9 Å². The van der Waals surface area contributed by atoms with Crippen LogP contribution in [0, 0.1) is 0 Å². The second kappa shape index (κ2) is 13.3. The molecule has 0 radical (unpaired) electrons. The van der Waals surface area contributed by atoms with Gasteiger partial charge in [0.25, 0.3) is 0 Å². The molecule has 40 heavy (non-hydrogen) atoms. The second-order valence-corrected chi connectivity index (χ2v) is 9.81. The third kappa shape index (κ3) is 6.55. The van der Waals surface area contributed by atoms with Gasteiger partial charge in [-0.25, -0.2) is 9.97 Å². The molecule has 2 N–H and O–H groups in total. The Morgan fingerprint density at radius 3 is 2.67 bits per heavy atom. The van der Waals surface area contributed by atoms with Gasteiger partial charge in [-0.1, -0.05) is 6.08 Å². The predicted octanol–water partition coefficient (Wildman–Crippen LogP) is 6.12. The fraction of sp³-hybridized carbons (Fsp3) is 0.355. The monoisotopic (exact) mass is 543 g/mol. The molecule has 0 spiro atoms. The van der Waals surface area contributed by atoms with Crippen molar-refractivity contribution in [1.29, 1.82) is 0 Å². The number of rotatable bonds is 13. The van der Waals surface area contributed by atoms with Crippen LogP contribution in [-0.2, 0) is 4.74 Å². The van der Waals surface area contributed by atoms with Gasteiger partial charge >= 0.3 is 0 Å². The first kappa shape index (κ1) is 27.5. The molecule has 1 fully saturated rings. The Kier molecular flexibility index (Phi) is 9.15. The molecule has 0 atom stereocenters. The molecule has 210 valence electrons. The van der Waals surface area contributed by atoms with Crippen molar-refractivity contribution in [3.63, 3.8) is 0 Å². The van der Waals surface area contributed by atoms with Crippen LogP contribution in [0.3, 0.4) is 0 Å². The van der Waals surface area contributed by atoms with Gasteiger partial charge in [0.15, 0.2) is 0 Å². The van der Waals surface area contributed by atoms with Crippen molar-refractivity contribution in [2.45, 2.75) is 25.3 Å². The number of nitrogens with one attached hydrogen (secondary N) is 2. The number of aromatic nitrogens is 2. The molecule has 1 saturated heterocycles. The van der Waals surface area contributed by atoms with E-state index in [0.717, 1.165) is 78.2 Å². The summed E-state index contributed by atoms with van der Waals surface area (Å²) in [5, 5.41) is 8.12. The molecule has 9 nitrogen and oxygen atoms in total. The zero-order valence-corrected chi connectivity index (χ0v) is 23.2. The van der Waals surface area contributed by atoms with E-state index < -0.39 is 0 Å². The number of fused-ring (bicyclic) bond motifs is 1. The van der Waals surface area contributed by atoms with E-state index in [0.29, 0.717) is 30.8 Å². The zero-order chi connectivity index (χ0) is 27.7. The fourth-order valence-corrected chi connectivity index (χ4v) is 4.99. The number of benzene rings is 2. The maximum absolute atomic E-state index is 6.22. The summed E-state index contributed by atoms with van der Waals surface area (Å²) in [4.78, 5) is 11.6. The van der Waals surface area contributed by atoms with Crippen LogP contribution in [0.4, 0.5) is 17.2 Å². The Hall–Kier alpha value is -4.08. The van der Waals surface area contributed by atoms with E-state index in [1.54, 1.807) is 26.8 Å². The summed E-state index contributed by atoms with van der Waals surface area (Å²) in [6, 6.07) is 14.1. The highest BCUT2D eigenvalue weighted by atomic mass is 16.5. The lowest BCUT2D eigenvalue weighted by Crippen LogP contribution is -2.39. The van der Waals surface area contributed by atoms with Crippen LogP contribution in [0.2, 0.25) is 0 Å². The fourth-order valence-electron chi connectivity index (χ4n) is 4.99. The molecule has 3 heterocycles. The lowest BCUT2D eigenvalue weighted by molar-refractivity contribution is 0.172. The minimum absolute atomic E-state index is 0.339. The molecule has 0 unspecified atom stereocenters. The quantitative estimate of drug-likeness (QED) is 0.153. The Bertz CT molecular complexity index is 1400. The van der Waals surface area contributed by atoms with Crippen molar-refractivity contribution < 1.29 is 18.6 Å². The highest BCUT2D eigenvalue weighted by molar-refractivity contribution is 5.95. The first-order valence-corrected chi connectivity index (χ1v) is 13.7. The number of piperidine rings is 1. The number of anilines is 3. The summed E-state index contributed by atoms with van der Waals surface area (Å²) in [5.74, 6) is 2.93. The minimum Gasteiger partial charge on any atom is -0.495 e. The molecule has 2 aromatic carbocycles. The molecular weight excluding hydrogens is 506 g/mol. The standard InChI is InChI=1S/C31H37N5O4/c1-4-12-36-13-10-23(11-14-36)34-27-19-24-25(20-30(27)40-17-6-15-37-2)32-21-33-31(24)35-26-18-22(8-9-29(26)38-3)28-7-5-16-39-28/h4-5,7-9,16,18-21,23,34H,1,6,10-15,17H2,2-3H3,(H,32,33,35). The predicted molar refractivity (Wildman–Crippen MR) is 159 cm³/mol. The van der Waals surface area contributed by atoms with Crippen molar-refractivity contribution in [2.75, 3.05) is 57.7 Å². The Balaban J connectivity index is 1.46. The number of nitrogens with zero attached hydrogens (tertiary/aromatic N) is 3. The summed E-state index contributed by atoms with van der Waals surface area (Å²) < 4.78 is 22.7. The second-order valence-electron chi connectivity index (χ2n) is 9.81. The Morgan fingerprint density at radius 2 is 1.93 bits per heavy atom. The SMILES string of the molecule is C=CCN1CCC(Nc2cc3c(Nc4cc(-c5ccco5)ccc4OC)ncnc3cc2OCCCOC)CC1. The highest BCUT2D eigenvalue weighted by Crippen LogP contribution is 2.37. The molecule has 0 aliphatic carbocycles. The largest absolute Gasteiger partial charge is 0.495 e. The molecule has 0 saturated carbocycles. The number of ether oxygens (including phenoxy) is 3. The van der Waals surface area contributed by atoms with Crippen LogP contribution in [0.5, 0.6) is 11.5 Å². The van der Waals surface area contributed by atoms with Crippen molar-refractivity contribution in [3.05, 3.63) is 67.7 Å². The number of methoxy groups -OCH3 is 2. The van der Waals surface area contributed by atoms with Crippen LogP contribution >= 0.6 is 0 Å². The molecule has 4 aromatic rings. The van der Waals surface area contributed by atoms with Crippen molar-refractivity contribution in [3.8, 4) is 22.8 Å². The van der Waals surface area contributed by atoms with E-state index in [1.165, 1.54) is 0 Å². The van der Waals surface area contributed by atoms with Crippen LogP contribution < -0.4 is 20.1 Å². The van der Waals surface area contributed by atoms with Gasteiger partial charge in [0.05, 0.1) is 36.9 Å². The van der Waals surface area contributed by atoms with Crippen molar-refractivity contribution in [2.24, 2.45) is 0 Å². The van der Waals surface area contributed by atoms with Gasteiger partial charge in [0, 0.05) is 62.8 Å². The summed E-state index contributed by atoms with van der Waals surface area (Å²) >= 11 is 0. The molecule has 0 bridgehead atoms. The molecule has 5 rings (SSSR count). The van der Waals surface area contributed by atoms with E-state index in [9.17, 15) is 0 Å². The van der Waals surface area contributed by atoms with Gasteiger partial charge in [-0.15, -0.1) is 6.58 Å². The van der Waals surface area contributed by atoms with Crippen LogP contribution in [0.15, 0.2) is 72.1 Å². The van der Waals surface area contributed by atoms with E-state index in [1.807, 2.05) is 42.5 Å². The van der Waals surface area contributed by atoms with E-state index in [4.69, 9.17) is 18.6 Å². The van der Waals surface area contributed by atoms with Crippen LogP contribution in [0.1, 0.15) is 19.3 Å². The highest BCUT2D eigenvalue weighted by Gasteiger charge is 2.21. The van der Waals surface area contributed by atoms with Crippen molar-refractivity contribution >= 4 is 28.1 Å². The van der Waals surface area contributed by atoms with Gasteiger partial charge in [0.2, 0.25) is 0 Å². The van der Waals surface area contributed by atoms with Crippen LogP contribution in [-0.4, -0.2) is 68.0 Å². The number of hydrogen-bond donors (Lipinski definition) is 2. The summed E-state index contributed by atoms with van der Waals surface area (Å²) in [5.41, 5.74) is 3.43. The van der Waals surface area contributed by atoms with E-state index >= 15 is 0 Å². The molecule has 1 aliphatic heterocycles. The van der Waals surface area contributed by atoms with Gasteiger partial charge < -0.3 is 29.3 Å². The summed E-state index contributed by atoms with van der Waals surface area (Å²) in [6.07, 6.45) is 8.08. The number of furan rings is 1. The molecule has 9 heteroatoms. The maximum atomic E-state index is 6.22. The lowest BCUT2D eigenvalue weighted by atomic mass is 10.0. The Morgan fingerprint density at radius 1 is 1.05 bits per heavy atom. The average Bonchev–Trinajstić information content (AvgIpc) is 3.52. The average molecular weight is 544 g/mol. The molecule has 2 aromatic heterocycles. The minimum atomic E-state index is 0.339. The van der Waals surface area contributed by atoms with Gasteiger partial charge in [-0.2, -0.15) is 0 Å². The molecule has 0 amide bonds. The smallest absolute Gasteiger partial charge is 0.144 e. The molecule has 1 aliphatic rings. The number of likely N-dealkylation sites (tertiary alicyclic amines) is 1. The third-order valence-electron chi connectivity index (χ3n) is 7.08. The van der Waals surface area contributed by atoms with Gasteiger partial charge in [0.1, 0.15) is 29.4 Å². The molecular formula is C31H37N5O4. The Labute approximate surface area is 235 Å². The summed E-state index contributed by atoms with van der Waals surface area (Å²) in [7, 11) is 3.35. The first-order chi connectivity index (χ1) is 19.7. The normalized spacial score (nSPS) is 14.2. The third-order valence-corrected chi connectivity index (χ3v) is 7.08. The zero-order valence-electron chi connectivity index (χ0n) is 23.2. The topological polar surface area (TPSA) is 93.9 Å². The lowest BCUT2D eigenvalue weighted by Gasteiger charge is -2.32. The van der Waals surface area contributed by atoms with E-state index in [2.05, 4.69) is 38.1 Å². The van der Waals surface area contributed by atoms with E-state index in [-0.39, 0.29) is 0 Å². The van der Waals surface area contributed by atoms with Gasteiger partial charge in [-0.3, -0.25) is 4.90 Å².